The number of nitrogens with zero attached hydrogens (tertiary/aromatic N) is 2. The summed E-state index contributed by atoms with van der Waals surface area (Å²) < 4.78 is 18.2. The quantitative estimate of drug-likeness (QED) is 0.727. The van der Waals surface area contributed by atoms with Crippen LogP contribution in [-0.2, 0) is 17.8 Å². The largest absolute Gasteiger partial charge is 0.352 e. The minimum absolute atomic E-state index is 0.171. The fourth-order valence-corrected chi connectivity index (χ4v) is 2.36. The van der Waals surface area contributed by atoms with Crippen LogP contribution in [0.5, 0.6) is 0 Å². The molecule has 25 heavy (non-hydrogen) atoms. The summed E-state index contributed by atoms with van der Waals surface area (Å²) >= 11 is 5.84. The topological polar surface area (TPSA) is 68.0 Å². The highest BCUT2D eigenvalue weighted by atomic mass is 35.5. The number of nitrogens with one attached hydrogen (secondary N) is 1. The van der Waals surface area contributed by atoms with E-state index in [-0.39, 0.29) is 24.7 Å². The summed E-state index contributed by atoms with van der Waals surface area (Å²) in [4.78, 5) is 16.1. The van der Waals surface area contributed by atoms with E-state index in [4.69, 9.17) is 16.1 Å². The lowest BCUT2D eigenvalue weighted by Crippen LogP contribution is -2.23. The van der Waals surface area contributed by atoms with Gasteiger partial charge in [-0.1, -0.05) is 28.9 Å². The normalized spacial score (nSPS) is 10.6. The van der Waals surface area contributed by atoms with Crippen molar-refractivity contribution in [3.05, 3.63) is 70.8 Å². The van der Waals surface area contributed by atoms with Crippen LogP contribution in [0.3, 0.4) is 0 Å². The average molecular weight is 360 g/mol. The molecule has 0 aliphatic rings. The fourth-order valence-electron chi connectivity index (χ4n) is 2.23. The number of carbonyl (C=O) groups is 1. The number of carbonyl (C=O) groups excluding carboxylic acids is 1. The Labute approximate surface area is 148 Å². The summed E-state index contributed by atoms with van der Waals surface area (Å²) in [5.74, 6) is 0.334. The van der Waals surface area contributed by atoms with Crippen molar-refractivity contribution in [2.45, 2.75) is 19.4 Å². The molecule has 0 radical (unpaired) electrons. The number of aryl methyl sites for hydroxylation is 1. The number of halogens is 2. The van der Waals surface area contributed by atoms with Crippen LogP contribution in [0.25, 0.3) is 11.4 Å². The third-order valence-electron chi connectivity index (χ3n) is 3.52. The molecule has 5 nitrogen and oxygen atoms in total. The molecule has 0 unspecified atom stereocenters. The summed E-state index contributed by atoms with van der Waals surface area (Å²) in [6.45, 7) is 0.274. The van der Waals surface area contributed by atoms with Gasteiger partial charge in [0.25, 0.3) is 0 Å². The van der Waals surface area contributed by atoms with Gasteiger partial charge in [0.2, 0.25) is 17.6 Å². The van der Waals surface area contributed by atoms with Gasteiger partial charge in [0.05, 0.1) is 0 Å². The summed E-state index contributed by atoms with van der Waals surface area (Å²) in [5.41, 5.74) is 1.49. The predicted molar refractivity (Wildman–Crippen MR) is 91.3 cm³/mol. The summed E-state index contributed by atoms with van der Waals surface area (Å²) in [6.07, 6.45) is 0.535. The van der Waals surface area contributed by atoms with Crippen molar-refractivity contribution in [2.75, 3.05) is 0 Å². The molecular weight excluding hydrogens is 345 g/mol. The van der Waals surface area contributed by atoms with Crippen LogP contribution in [-0.4, -0.2) is 16.0 Å². The molecule has 1 heterocycles. The Kier molecular flexibility index (Phi) is 5.40. The first kappa shape index (κ1) is 17.1. The number of hydrogen-bond acceptors (Lipinski definition) is 4. The van der Waals surface area contributed by atoms with Crippen LogP contribution in [0.4, 0.5) is 4.39 Å². The Balaban J connectivity index is 1.50. The second-order valence-electron chi connectivity index (χ2n) is 5.43. The standard InChI is InChI=1S/C18H15ClFN3O2/c19-14-6-4-13(5-7-14)18-22-17(25-23-18)9-8-16(24)21-11-12-2-1-3-15(20)10-12/h1-7,10H,8-9,11H2,(H,21,24). The van der Waals surface area contributed by atoms with Crippen molar-refractivity contribution >= 4 is 17.5 Å². The number of benzene rings is 2. The average Bonchev–Trinajstić information content (AvgIpc) is 3.08. The molecular formula is C18H15ClFN3O2. The van der Waals surface area contributed by atoms with E-state index in [1.165, 1.54) is 12.1 Å². The SMILES string of the molecule is O=C(CCc1nc(-c2ccc(Cl)cc2)no1)NCc1cccc(F)c1. The van der Waals surface area contributed by atoms with Crippen LogP contribution in [0.1, 0.15) is 17.9 Å². The molecule has 0 saturated heterocycles. The number of amides is 1. The van der Waals surface area contributed by atoms with Crippen LogP contribution in [0, 0.1) is 5.82 Å². The highest BCUT2D eigenvalue weighted by Crippen LogP contribution is 2.19. The monoisotopic (exact) mass is 359 g/mol. The highest BCUT2D eigenvalue weighted by molar-refractivity contribution is 6.30. The van der Waals surface area contributed by atoms with E-state index in [9.17, 15) is 9.18 Å². The lowest BCUT2D eigenvalue weighted by Gasteiger charge is -2.04. The molecule has 2 aromatic carbocycles. The zero-order valence-electron chi connectivity index (χ0n) is 13.2. The van der Waals surface area contributed by atoms with Crippen LogP contribution in [0.15, 0.2) is 53.1 Å². The van der Waals surface area contributed by atoms with Gasteiger partial charge in [-0.2, -0.15) is 4.98 Å². The third kappa shape index (κ3) is 4.87. The van der Waals surface area contributed by atoms with Gasteiger partial charge in [-0.3, -0.25) is 4.79 Å². The Hall–Kier alpha value is -2.73. The van der Waals surface area contributed by atoms with Gasteiger partial charge in [-0.05, 0) is 42.0 Å². The van der Waals surface area contributed by atoms with Crippen molar-refractivity contribution in [2.24, 2.45) is 0 Å². The van der Waals surface area contributed by atoms with Crippen molar-refractivity contribution in [1.82, 2.24) is 15.5 Å². The van der Waals surface area contributed by atoms with Gasteiger partial charge in [-0.25, -0.2) is 4.39 Å². The minimum atomic E-state index is -0.327. The zero-order chi connectivity index (χ0) is 17.6. The van der Waals surface area contributed by atoms with Crippen LogP contribution >= 0.6 is 11.6 Å². The first-order valence-electron chi connectivity index (χ1n) is 7.70. The van der Waals surface area contributed by atoms with E-state index in [1.807, 2.05) is 0 Å². The van der Waals surface area contributed by atoms with E-state index in [1.54, 1.807) is 36.4 Å². The van der Waals surface area contributed by atoms with E-state index in [0.717, 1.165) is 5.56 Å². The first-order valence-corrected chi connectivity index (χ1v) is 8.07. The fraction of sp³-hybridized carbons (Fsp3) is 0.167. The first-order chi connectivity index (χ1) is 12.1. The number of aromatic nitrogens is 2. The van der Waals surface area contributed by atoms with E-state index >= 15 is 0 Å². The molecule has 3 aromatic rings. The molecule has 0 fully saturated rings. The molecule has 0 aliphatic heterocycles. The van der Waals surface area contributed by atoms with E-state index in [2.05, 4.69) is 15.5 Å². The summed E-state index contributed by atoms with van der Waals surface area (Å²) in [7, 11) is 0. The maximum absolute atomic E-state index is 13.1. The van der Waals surface area contributed by atoms with Gasteiger partial charge in [0.1, 0.15) is 5.82 Å². The number of hydrogen-bond donors (Lipinski definition) is 1. The highest BCUT2D eigenvalue weighted by Gasteiger charge is 2.10. The third-order valence-corrected chi connectivity index (χ3v) is 3.77. The Bertz CT molecular complexity index is 865. The molecule has 0 saturated carbocycles. The van der Waals surface area contributed by atoms with Crippen LogP contribution < -0.4 is 5.32 Å². The molecule has 1 N–H and O–H groups in total. The molecule has 0 aliphatic carbocycles. The van der Waals surface area contributed by atoms with Crippen molar-refractivity contribution in [1.29, 1.82) is 0 Å². The Morgan fingerprint density at radius 2 is 2.00 bits per heavy atom. The molecule has 128 valence electrons. The molecule has 1 amide bonds. The molecule has 0 atom stereocenters. The van der Waals surface area contributed by atoms with Crippen molar-refractivity contribution in [3.63, 3.8) is 0 Å². The molecule has 0 bridgehead atoms. The molecule has 1 aromatic heterocycles. The van der Waals surface area contributed by atoms with Gasteiger partial charge in [0, 0.05) is 30.0 Å². The van der Waals surface area contributed by atoms with Gasteiger partial charge >= 0.3 is 0 Å². The zero-order valence-corrected chi connectivity index (χ0v) is 14.0. The second-order valence-corrected chi connectivity index (χ2v) is 5.86. The Morgan fingerprint density at radius 1 is 1.20 bits per heavy atom. The Morgan fingerprint density at radius 3 is 2.76 bits per heavy atom. The van der Waals surface area contributed by atoms with Gasteiger partial charge < -0.3 is 9.84 Å². The van der Waals surface area contributed by atoms with Crippen molar-refractivity contribution in [3.8, 4) is 11.4 Å². The maximum atomic E-state index is 13.1. The lowest BCUT2D eigenvalue weighted by atomic mass is 10.2. The minimum Gasteiger partial charge on any atom is -0.352 e. The predicted octanol–water partition coefficient (Wildman–Crippen LogP) is 3.78. The van der Waals surface area contributed by atoms with Gasteiger partial charge in [-0.15, -0.1) is 0 Å². The van der Waals surface area contributed by atoms with Crippen LogP contribution in [0.2, 0.25) is 5.02 Å². The maximum Gasteiger partial charge on any atom is 0.227 e. The van der Waals surface area contributed by atoms with E-state index in [0.29, 0.717) is 28.7 Å². The van der Waals surface area contributed by atoms with Gasteiger partial charge in [0.15, 0.2) is 0 Å². The molecule has 0 spiro atoms. The lowest BCUT2D eigenvalue weighted by molar-refractivity contribution is -0.121. The second kappa shape index (κ2) is 7.90. The molecule has 7 heteroatoms. The number of rotatable bonds is 6. The van der Waals surface area contributed by atoms with Crippen molar-refractivity contribution < 1.29 is 13.7 Å². The summed E-state index contributed by atoms with van der Waals surface area (Å²) in [5, 5.41) is 7.25. The van der Waals surface area contributed by atoms with E-state index < -0.39 is 0 Å². The summed E-state index contributed by atoms with van der Waals surface area (Å²) in [6, 6.07) is 13.2. The molecule has 3 rings (SSSR count). The smallest absolute Gasteiger partial charge is 0.227 e.